The predicted octanol–water partition coefficient (Wildman–Crippen LogP) is 3.37. The summed E-state index contributed by atoms with van der Waals surface area (Å²) in [7, 11) is 0. The standard InChI is InChI=1S/C19H16N4O3/c24-19(16-4-2-9-26-16)22-8-5-14(11-22)23-17(13-6-10-25-12-13)21-15-3-1-7-20-18(15)23/h1-4,6-7,9-10,12,14H,5,8,11H2/t14-/m1/s1. The Morgan fingerprint density at radius 3 is 2.96 bits per heavy atom. The number of amides is 1. The summed E-state index contributed by atoms with van der Waals surface area (Å²) in [5.74, 6) is 1.10. The van der Waals surface area contributed by atoms with E-state index >= 15 is 0 Å². The molecule has 7 heteroatoms. The number of pyridine rings is 1. The van der Waals surface area contributed by atoms with Crippen molar-refractivity contribution in [1.82, 2.24) is 19.4 Å². The predicted molar refractivity (Wildman–Crippen MR) is 93.5 cm³/mol. The minimum atomic E-state index is -0.0836. The van der Waals surface area contributed by atoms with Crippen LogP contribution in [-0.4, -0.2) is 38.4 Å². The third-order valence-electron chi connectivity index (χ3n) is 4.78. The van der Waals surface area contributed by atoms with Crippen LogP contribution in [0.15, 0.2) is 64.2 Å². The van der Waals surface area contributed by atoms with E-state index in [0.717, 1.165) is 29.0 Å². The molecule has 0 unspecified atom stereocenters. The highest BCUT2D eigenvalue weighted by molar-refractivity contribution is 5.91. The zero-order valence-electron chi connectivity index (χ0n) is 13.9. The fraction of sp³-hybridized carbons (Fsp3) is 0.211. The van der Waals surface area contributed by atoms with Crippen molar-refractivity contribution in [3.05, 3.63) is 61.1 Å². The van der Waals surface area contributed by atoms with E-state index < -0.39 is 0 Å². The average Bonchev–Trinajstić information content (AvgIpc) is 3.47. The lowest BCUT2D eigenvalue weighted by atomic mass is 10.2. The number of likely N-dealkylation sites (tertiary alicyclic amines) is 1. The Bertz CT molecular complexity index is 1050. The molecule has 0 bridgehead atoms. The van der Waals surface area contributed by atoms with Crippen molar-refractivity contribution in [1.29, 1.82) is 0 Å². The number of rotatable bonds is 3. The Hall–Kier alpha value is -3.35. The van der Waals surface area contributed by atoms with Crippen LogP contribution in [0.25, 0.3) is 22.6 Å². The quantitative estimate of drug-likeness (QED) is 0.567. The van der Waals surface area contributed by atoms with Gasteiger partial charge in [-0.2, -0.15) is 0 Å². The van der Waals surface area contributed by atoms with E-state index in [0.29, 0.717) is 18.8 Å². The highest BCUT2D eigenvalue weighted by atomic mass is 16.3. The lowest BCUT2D eigenvalue weighted by Gasteiger charge is -2.17. The molecule has 4 aromatic rings. The molecule has 1 amide bonds. The molecule has 26 heavy (non-hydrogen) atoms. The number of fused-ring (bicyclic) bond motifs is 1. The average molecular weight is 348 g/mol. The van der Waals surface area contributed by atoms with Gasteiger partial charge in [0.2, 0.25) is 0 Å². The molecule has 5 rings (SSSR count). The first-order chi connectivity index (χ1) is 12.8. The van der Waals surface area contributed by atoms with Crippen LogP contribution in [-0.2, 0) is 0 Å². The first kappa shape index (κ1) is 14.9. The van der Waals surface area contributed by atoms with E-state index in [4.69, 9.17) is 13.8 Å². The Morgan fingerprint density at radius 1 is 1.19 bits per heavy atom. The van der Waals surface area contributed by atoms with Crippen LogP contribution < -0.4 is 0 Å². The summed E-state index contributed by atoms with van der Waals surface area (Å²) in [6.07, 6.45) is 7.43. The van der Waals surface area contributed by atoms with Gasteiger partial charge in [-0.3, -0.25) is 4.79 Å². The normalized spacial score (nSPS) is 17.2. The van der Waals surface area contributed by atoms with Gasteiger partial charge in [0.15, 0.2) is 11.4 Å². The second-order valence-corrected chi connectivity index (χ2v) is 6.33. The molecule has 0 radical (unpaired) electrons. The molecular formula is C19H16N4O3. The first-order valence-corrected chi connectivity index (χ1v) is 8.49. The van der Waals surface area contributed by atoms with Gasteiger partial charge < -0.3 is 18.3 Å². The molecule has 1 aliphatic rings. The molecule has 0 N–H and O–H groups in total. The zero-order valence-corrected chi connectivity index (χ0v) is 13.9. The van der Waals surface area contributed by atoms with Gasteiger partial charge >= 0.3 is 0 Å². The zero-order chi connectivity index (χ0) is 17.5. The molecule has 4 aromatic heterocycles. The van der Waals surface area contributed by atoms with Gasteiger partial charge in [0.05, 0.1) is 24.1 Å². The van der Waals surface area contributed by atoms with Crippen LogP contribution in [0, 0.1) is 0 Å². The number of aromatic nitrogens is 3. The molecular weight excluding hydrogens is 332 g/mol. The van der Waals surface area contributed by atoms with Crippen molar-refractivity contribution >= 4 is 17.1 Å². The van der Waals surface area contributed by atoms with E-state index in [1.807, 2.05) is 23.1 Å². The van der Waals surface area contributed by atoms with E-state index in [1.165, 1.54) is 6.26 Å². The molecule has 1 fully saturated rings. The number of hydrogen-bond donors (Lipinski definition) is 0. The fourth-order valence-electron chi connectivity index (χ4n) is 3.56. The molecule has 1 aliphatic heterocycles. The molecule has 130 valence electrons. The van der Waals surface area contributed by atoms with Crippen LogP contribution in [0.4, 0.5) is 0 Å². The minimum Gasteiger partial charge on any atom is -0.472 e. The Kier molecular flexibility index (Phi) is 3.38. The number of hydrogen-bond acceptors (Lipinski definition) is 5. The van der Waals surface area contributed by atoms with Crippen molar-refractivity contribution in [2.45, 2.75) is 12.5 Å². The van der Waals surface area contributed by atoms with Crippen molar-refractivity contribution < 1.29 is 13.6 Å². The second kappa shape index (κ2) is 5.87. The number of carbonyl (C=O) groups is 1. The summed E-state index contributed by atoms with van der Waals surface area (Å²) in [4.78, 5) is 23.7. The topological polar surface area (TPSA) is 77.3 Å². The van der Waals surface area contributed by atoms with Crippen molar-refractivity contribution in [3.8, 4) is 11.4 Å². The van der Waals surface area contributed by atoms with Gasteiger partial charge in [0.1, 0.15) is 17.6 Å². The van der Waals surface area contributed by atoms with Crippen molar-refractivity contribution in [2.75, 3.05) is 13.1 Å². The Labute approximate surface area is 148 Å². The summed E-state index contributed by atoms with van der Waals surface area (Å²) < 4.78 is 12.6. The van der Waals surface area contributed by atoms with Crippen LogP contribution in [0.3, 0.4) is 0 Å². The molecule has 7 nitrogen and oxygen atoms in total. The summed E-state index contributed by atoms with van der Waals surface area (Å²) in [5.41, 5.74) is 2.55. The molecule has 1 atom stereocenters. The van der Waals surface area contributed by atoms with Gasteiger partial charge in [-0.25, -0.2) is 9.97 Å². The summed E-state index contributed by atoms with van der Waals surface area (Å²) in [6.45, 7) is 1.26. The maximum atomic E-state index is 12.6. The third kappa shape index (κ3) is 2.32. The molecule has 0 aromatic carbocycles. The van der Waals surface area contributed by atoms with Crippen LogP contribution in [0.1, 0.15) is 23.0 Å². The van der Waals surface area contributed by atoms with Crippen molar-refractivity contribution in [3.63, 3.8) is 0 Å². The van der Waals surface area contributed by atoms with E-state index in [2.05, 4.69) is 9.55 Å². The van der Waals surface area contributed by atoms with Gasteiger partial charge in [-0.15, -0.1) is 0 Å². The molecule has 1 saturated heterocycles. The highest BCUT2D eigenvalue weighted by Crippen LogP contribution is 2.32. The first-order valence-electron chi connectivity index (χ1n) is 8.49. The SMILES string of the molecule is O=C(c1ccco1)N1CC[C@@H](n2c(-c3ccoc3)nc3cccnc32)C1. The number of imidazole rings is 1. The highest BCUT2D eigenvalue weighted by Gasteiger charge is 2.32. The van der Waals surface area contributed by atoms with E-state index in [1.54, 1.807) is 30.9 Å². The summed E-state index contributed by atoms with van der Waals surface area (Å²) in [5, 5.41) is 0. The smallest absolute Gasteiger partial charge is 0.289 e. The lowest BCUT2D eigenvalue weighted by Crippen LogP contribution is -2.28. The van der Waals surface area contributed by atoms with Gasteiger partial charge in [0.25, 0.3) is 5.91 Å². The monoisotopic (exact) mass is 348 g/mol. The van der Waals surface area contributed by atoms with Gasteiger partial charge in [0, 0.05) is 19.3 Å². The molecule has 0 aliphatic carbocycles. The maximum absolute atomic E-state index is 12.6. The third-order valence-corrected chi connectivity index (χ3v) is 4.78. The number of carbonyl (C=O) groups excluding carboxylic acids is 1. The molecule has 5 heterocycles. The number of nitrogens with zero attached hydrogens (tertiary/aromatic N) is 4. The largest absolute Gasteiger partial charge is 0.472 e. The Balaban J connectivity index is 1.53. The Morgan fingerprint density at radius 2 is 2.15 bits per heavy atom. The fourth-order valence-corrected chi connectivity index (χ4v) is 3.56. The summed E-state index contributed by atoms with van der Waals surface area (Å²) in [6, 6.07) is 9.23. The second-order valence-electron chi connectivity index (χ2n) is 6.33. The van der Waals surface area contributed by atoms with Crippen LogP contribution in [0.2, 0.25) is 0 Å². The van der Waals surface area contributed by atoms with Crippen molar-refractivity contribution in [2.24, 2.45) is 0 Å². The van der Waals surface area contributed by atoms with Gasteiger partial charge in [-0.1, -0.05) is 0 Å². The maximum Gasteiger partial charge on any atom is 0.289 e. The van der Waals surface area contributed by atoms with E-state index in [-0.39, 0.29) is 11.9 Å². The lowest BCUT2D eigenvalue weighted by molar-refractivity contribution is 0.0756. The van der Waals surface area contributed by atoms with Crippen LogP contribution in [0.5, 0.6) is 0 Å². The van der Waals surface area contributed by atoms with Gasteiger partial charge in [-0.05, 0) is 36.8 Å². The summed E-state index contributed by atoms with van der Waals surface area (Å²) >= 11 is 0. The minimum absolute atomic E-state index is 0.0836. The van der Waals surface area contributed by atoms with E-state index in [9.17, 15) is 4.79 Å². The van der Waals surface area contributed by atoms with Crippen LogP contribution >= 0.6 is 0 Å². The number of furan rings is 2. The molecule has 0 saturated carbocycles. The molecule has 0 spiro atoms.